The van der Waals surface area contributed by atoms with E-state index in [1.54, 1.807) is 12.1 Å². The summed E-state index contributed by atoms with van der Waals surface area (Å²) < 4.78 is 13.5. The van der Waals surface area contributed by atoms with Crippen molar-refractivity contribution in [2.75, 3.05) is 13.1 Å². The number of hydrogen-bond acceptors (Lipinski definition) is 2. The molecule has 1 aliphatic rings. The monoisotopic (exact) mass is 314 g/mol. The summed E-state index contributed by atoms with van der Waals surface area (Å²) in [6.45, 7) is 3.80. The Hall–Kier alpha value is -1.13. The Morgan fingerprint density at radius 3 is 2.90 bits per heavy atom. The lowest BCUT2D eigenvalue weighted by Crippen LogP contribution is -2.47. The van der Waals surface area contributed by atoms with Crippen molar-refractivity contribution in [3.05, 3.63) is 35.6 Å². The average molecular weight is 315 g/mol. The molecule has 0 aliphatic carbocycles. The van der Waals surface area contributed by atoms with Crippen LogP contribution in [0, 0.1) is 11.7 Å². The molecule has 0 aromatic heterocycles. The summed E-state index contributed by atoms with van der Waals surface area (Å²) in [4.78, 5) is 12.1. The van der Waals surface area contributed by atoms with E-state index in [1.807, 2.05) is 13.0 Å². The van der Waals surface area contributed by atoms with E-state index in [4.69, 9.17) is 0 Å². The van der Waals surface area contributed by atoms with E-state index in [0.29, 0.717) is 18.4 Å². The smallest absolute Gasteiger partial charge is 0.223 e. The minimum absolute atomic E-state index is 0. The second kappa shape index (κ2) is 9.00. The van der Waals surface area contributed by atoms with Gasteiger partial charge in [-0.1, -0.05) is 25.1 Å². The molecule has 0 saturated carbocycles. The number of aryl methyl sites for hydroxylation is 1. The van der Waals surface area contributed by atoms with E-state index in [1.165, 1.54) is 6.07 Å². The zero-order chi connectivity index (χ0) is 14.4. The molecule has 21 heavy (non-hydrogen) atoms. The Balaban J connectivity index is 0.00000220. The molecular weight excluding hydrogens is 291 g/mol. The standard InChI is InChI=1S/C16H23FN2O.ClH/c1-12(8-9-13-5-2-3-7-15(13)17)16(20)19-14-6-4-10-18-11-14;/h2-3,5,7,12,14,18H,4,6,8-11H2,1H3,(H,19,20);1H. The first-order valence-electron chi connectivity index (χ1n) is 7.41. The van der Waals surface area contributed by atoms with Crippen molar-refractivity contribution in [1.29, 1.82) is 0 Å². The van der Waals surface area contributed by atoms with Crippen LogP contribution in [-0.2, 0) is 11.2 Å². The molecular formula is C16H24ClFN2O. The van der Waals surface area contributed by atoms with Crippen LogP contribution in [0.3, 0.4) is 0 Å². The molecule has 1 aromatic carbocycles. The molecule has 0 radical (unpaired) electrons. The van der Waals surface area contributed by atoms with Gasteiger partial charge in [-0.2, -0.15) is 0 Å². The molecule has 2 unspecified atom stereocenters. The van der Waals surface area contributed by atoms with Crippen molar-refractivity contribution >= 4 is 18.3 Å². The first-order valence-corrected chi connectivity index (χ1v) is 7.41. The molecule has 1 saturated heterocycles. The van der Waals surface area contributed by atoms with Crippen LogP contribution in [-0.4, -0.2) is 25.0 Å². The van der Waals surface area contributed by atoms with Crippen molar-refractivity contribution in [1.82, 2.24) is 10.6 Å². The lowest BCUT2D eigenvalue weighted by atomic mass is 9.99. The lowest BCUT2D eigenvalue weighted by Gasteiger charge is -2.25. The summed E-state index contributed by atoms with van der Waals surface area (Å²) in [7, 11) is 0. The molecule has 5 heteroatoms. The second-order valence-corrected chi connectivity index (χ2v) is 5.58. The molecule has 1 amide bonds. The molecule has 3 nitrogen and oxygen atoms in total. The minimum Gasteiger partial charge on any atom is -0.352 e. The number of rotatable bonds is 5. The van der Waals surface area contributed by atoms with Gasteiger partial charge in [-0.05, 0) is 43.9 Å². The maximum Gasteiger partial charge on any atom is 0.223 e. The van der Waals surface area contributed by atoms with E-state index < -0.39 is 0 Å². The maximum absolute atomic E-state index is 13.5. The molecule has 1 aliphatic heterocycles. The summed E-state index contributed by atoms with van der Waals surface area (Å²) >= 11 is 0. The van der Waals surface area contributed by atoms with Crippen LogP contribution in [0.1, 0.15) is 31.7 Å². The Bertz CT molecular complexity index is 450. The SMILES string of the molecule is CC(CCc1ccccc1F)C(=O)NC1CCCNC1.Cl. The second-order valence-electron chi connectivity index (χ2n) is 5.58. The van der Waals surface area contributed by atoms with Gasteiger partial charge in [0, 0.05) is 18.5 Å². The third-order valence-corrected chi connectivity index (χ3v) is 3.90. The van der Waals surface area contributed by atoms with Crippen LogP contribution in [0.5, 0.6) is 0 Å². The third-order valence-electron chi connectivity index (χ3n) is 3.90. The number of piperidine rings is 1. The summed E-state index contributed by atoms with van der Waals surface area (Å²) in [6.07, 6.45) is 3.42. The number of hydrogen-bond donors (Lipinski definition) is 2. The minimum atomic E-state index is -0.184. The number of amides is 1. The van der Waals surface area contributed by atoms with Crippen LogP contribution in [0.25, 0.3) is 0 Å². The number of benzene rings is 1. The van der Waals surface area contributed by atoms with Gasteiger partial charge in [-0.25, -0.2) is 4.39 Å². The molecule has 1 heterocycles. The Morgan fingerprint density at radius 1 is 1.48 bits per heavy atom. The molecule has 2 N–H and O–H groups in total. The van der Waals surface area contributed by atoms with Crippen LogP contribution in [0.15, 0.2) is 24.3 Å². The third kappa shape index (κ3) is 5.64. The Kier molecular flexibility index (Phi) is 7.68. The van der Waals surface area contributed by atoms with Crippen molar-refractivity contribution < 1.29 is 9.18 Å². The molecule has 0 spiro atoms. The fourth-order valence-corrected chi connectivity index (χ4v) is 2.52. The fraction of sp³-hybridized carbons (Fsp3) is 0.562. The highest BCUT2D eigenvalue weighted by Gasteiger charge is 2.19. The highest BCUT2D eigenvalue weighted by atomic mass is 35.5. The summed E-state index contributed by atoms with van der Waals surface area (Å²) in [5.41, 5.74) is 0.687. The number of halogens is 2. The number of nitrogens with one attached hydrogen (secondary N) is 2. The van der Waals surface area contributed by atoms with E-state index in [2.05, 4.69) is 10.6 Å². The summed E-state index contributed by atoms with van der Waals surface area (Å²) in [5.74, 6) is -0.192. The van der Waals surface area contributed by atoms with Crippen molar-refractivity contribution in [3.63, 3.8) is 0 Å². The van der Waals surface area contributed by atoms with E-state index in [9.17, 15) is 9.18 Å². The van der Waals surface area contributed by atoms with Gasteiger partial charge in [0.2, 0.25) is 5.91 Å². The van der Waals surface area contributed by atoms with Crippen molar-refractivity contribution in [3.8, 4) is 0 Å². The first-order chi connectivity index (χ1) is 9.66. The van der Waals surface area contributed by atoms with Gasteiger partial charge >= 0.3 is 0 Å². The first kappa shape index (κ1) is 17.9. The van der Waals surface area contributed by atoms with Gasteiger partial charge in [-0.15, -0.1) is 12.4 Å². The van der Waals surface area contributed by atoms with Crippen LogP contribution < -0.4 is 10.6 Å². The summed E-state index contributed by atoms with van der Waals surface area (Å²) in [6, 6.07) is 7.01. The average Bonchev–Trinajstić information content (AvgIpc) is 2.47. The van der Waals surface area contributed by atoms with Crippen LogP contribution in [0.4, 0.5) is 4.39 Å². The zero-order valence-electron chi connectivity index (χ0n) is 12.4. The van der Waals surface area contributed by atoms with Crippen molar-refractivity contribution in [2.45, 2.75) is 38.6 Å². The molecule has 2 rings (SSSR count). The number of carbonyl (C=O) groups excluding carboxylic acids is 1. The van der Waals surface area contributed by atoms with Gasteiger partial charge in [0.25, 0.3) is 0 Å². The van der Waals surface area contributed by atoms with Crippen LogP contribution in [0.2, 0.25) is 0 Å². The highest BCUT2D eigenvalue weighted by molar-refractivity contribution is 5.85. The normalized spacial score (nSPS) is 19.4. The Morgan fingerprint density at radius 2 is 2.24 bits per heavy atom. The highest BCUT2D eigenvalue weighted by Crippen LogP contribution is 2.13. The van der Waals surface area contributed by atoms with Gasteiger partial charge in [-0.3, -0.25) is 4.79 Å². The zero-order valence-corrected chi connectivity index (χ0v) is 13.2. The lowest BCUT2D eigenvalue weighted by molar-refractivity contribution is -0.125. The maximum atomic E-state index is 13.5. The van der Waals surface area contributed by atoms with Crippen molar-refractivity contribution in [2.24, 2.45) is 5.92 Å². The van der Waals surface area contributed by atoms with E-state index >= 15 is 0 Å². The van der Waals surface area contributed by atoms with Gasteiger partial charge in [0.05, 0.1) is 0 Å². The largest absolute Gasteiger partial charge is 0.352 e. The van der Waals surface area contributed by atoms with Gasteiger partial charge in [0.1, 0.15) is 5.82 Å². The predicted molar refractivity (Wildman–Crippen MR) is 85.2 cm³/mol. The van der Waals surface area contributed by atoms with Crippen LogP contribution >= 0.6 is 12.4 Å². The molecule has 118 valence electrons. The molecule has 0 bridgehead atoms. The fourth-order valence-electron chi connectivity index (χ4n) is 2.52. The van der Waals surface area contributed by atoms with Gasteiger partial charge in [0.15, 0.2) is 0 Å². The Labute approximate surface area is 132 Å². The van der Waals surface area contributed by atoms with Gasteiger partial charge < -0.3 is 10.6 Å². The van der Waals surface area contributed by atoms with E-state index in [-0.39, 0.29) is 36.1 Å². The molecule has 1 aromatic rings. The quantitative estimate of drug-likeness (QED) is 0.877. The number of carbonyl (C=O) groups is 1. The molecule has 2 atom stereocenters. The van der Waals surface area contributed by atoms with E-state index in [0.717, 1.165) is 25.9 Å². The summed E-state index contributed by atoms with van der Waals surface area (Å²) in [5, 5.41) is 6.35. The predicted octanol–water partition coefficient (Wildman–Crippen LogP) is 2.68. The molecule has 1 fully saturated rings. The topological polar surface area (TPSA) is 41.1 Å².